The SMILES string of the molecule is Clc1ccc2c(c1)-c1c(cccc1-c1ccc3c4ccccc4c4ccccc4c3c1)C2. The number of fused-ring (bicyclic) bond motifs is 9. The van der Waals surface area contributed by atoms with Crippen LogP contribution >= 0.6 is 11.6 Å². The number of hydrogen-bond donors (Lipinski definition) is 0. The maximum absolute atomic E-state index is 6.39. The monoisotopic (exact) mass is 426 g/mol. The molecule has 32 heavy (non-hydrogen) atoms. The molecule has 1 aliphatic carbocycles. The Balaban J connectivity index is 1.56. The van der Waals surface area contributed by atoms with Crippen LogP contribution in [0.25, 0.3) is 54.6 Å². The van der Waals surface area contributed by atoms with E-state index < -0.39 is 0 Å². The highest BCUT2D eigenvalue weighted by Crippen LogP contribution is 2.45. The topological polar surface area (TPSA) is 0 Å². The second-order valence-electron chi connectivity index (χ2n) is 8.67. The van der Waals surface area contributed by atoms with Gasteiger partial charge in [0.15, 0.2) is 0 Å². The lowest BCUT2D eigenvalue weighted by Gasteiger charge is -2.14. The summed E-state index contributed by atoms with van der Waals surface area (Å²) in [5.74, 6) is 0. The van der Waals surface area contributed by atoms with Gasteiger partial charge in [0.2, 0.25) is 0 Å². The van der Waals surface area contributed by atoms with Gasteiger partial charge in [-0.15, -0.1) is 0 Å². The fourth-order valence-electron chi connectivity index (χ4n) is 5.52. The van der Waals surface area contributed by atoms with Crippen LogP contribution in [0.5, 0.6) is 0 Å². The van der Waals surface area contributed by atoms with E-state index in [-0.39, 0.29) is 0 Å². The van der Waals surface area contributed by atoms with Gasteiger partial charge in [0, 0.05) is 5.02 Å². The van der Waals surface area contributed by atoms with Gasteiger partial charge in [-0.3, -0.25) is 0 Å². The molecule has 6 aromatic carbocycles. The molecule has 0 unspecified atom stereocenters. The highest BCUT2D eigenvalue weighted by Gasteiger charge is 2.22. The average Bonchev–Trinajstić information content (AvgIpc) is 3.22. The van der Waals surface area contributed by atoms with Gasteiger partial charge in [-0.1, -0.05) is 96.5 Å². The van der Waals surface area contributed by atoms with Crippen molar-refractivity contribution in [2.24, 2.45) is 0 Å². The molecule has 0 nitrogen and oxygen atoms in total. The van der Waals surface area contributed by atoms with E-state index in [1.165, 1.54) is 65.7 Å². The van der Waals surface area contributed by atoms with Crippen molar-refractivity contribution >= 4 is 43.9 Å². The van der Waals surface area contributed by atoms with Crippen LogP contribution in [0.2, 0.25) is 5.02 Å². The molecule has 0 saturated heterocycles. The van der Waals surface area contributed by atoms with Gasteiger partial charge < -0.3 is 0 Å². The summed E-state index contributed by atoms with van der Waals surface area (Å²) < 4.78 is 0. The lowest BCUT2D eigenvalue weighted by molar-refractivity contribution is 1.26. The fraction of sp³-hybridized carbons (Fsp3) is 0.0323. The Morgan fingerprint density at radius 1 is 0.469 bits per heavy atom. The molecule has 150 valence electrons. The summed E-state index contributed by atoms with van der Waals surface area (Å²) in [6.07, 6.45) is 0.969. The summed E-state index contributed by atoms with van der Waals surface area (Å²) in [5, 5.41) is 8.64. The molecule has 1 heteroatoms. The molecule has 0 amide bonds. The van der Waals surface area contributed by atoms with E-state index in [9.17, 15) is 0 Å². The maximum Gasteiger partial charge on any atom is 0.0412 e. The van der Waals surface area contributed by atoms with Crippen molar-refractivity contribution in [1.29, 1.82) is 0 Å². The Hall–Kier alpha value is -3.61. The molecule has 0 heterocycles. The summed E-state index contributed by atoms with van der Waals surface area (Å²) in [4.78, 5) is 0. The van der Waals surface area contributed by atoms with E-state index in [2.05, 4.69) is 97.1 Å². The predicted molar refractivity (Wildman–Crippen MR) is 138 cm³/mol. The van der Waals surface area contributed by atoms with Crippen LogP contribution in [0, 0.1) is 0 Å². The zero-order valence-corrected chi connectivity index (χ0v) is 18.2. The van der Waals surface area contributed by atoms with Gasteiger partial charge in [-0.25, -0.2) is 0 Å². The van der Waals surface area contributed by atoms with Gasteiger partial charge in [0.1, 0.15) is 0 Å². The summed E-state index contributed by atoms with van der Waals surface area (Å²) in [6, 6.07) is 37.4. The molecule has 7 rings (SSSR count). The van der Waals surface area contributed by atoms with E-state index in [1.807, 2.05) is 6.07 Å². The van der Waals surface area contributed by atoms with Gasteiger partial charge in [-0.05, 0) is 90.3 Å². The van der Waals surface area contributed by atoms with Gasteiger partial charge in [0.05, 0.1) is 0 Å². The summed E-state index contributed by atoms with van der Waals surface area (Å²) in [6.45, 7) is 0. The van der Waals surface area contributed by atoms with Crippen LogP contribution in [-0.2, 0) is 6.42 Å². The van der Waals surface area contributed by atoms with Crippen molar-refractivity contribution < 1.29 is 0 Å². The lowest BCUT2D eigenvalue weighted by atomic mass is 9.89. The molecule has 0 aliphatic heterocycles. The average molecular weight is 427 g/mol. The molecule has 0 N–H and O–H groups in total. The first-order valence-electron chi connectivity index (χ1n) is 11.0. The molecule has 6 aromatic rings. The smallest absolute Gasteiger partial charge is 0.0412 e. The van der Waals surface area contributed by atoms with Crippen LogP contribution in [0.4, 0.5) is 0 Å². The van der Waals surface area contributed by atoms with Crippen molar-refractivity contribution in [3.05, 3.63) is 119 Å². The Bertz CT molecular complexity index is 1670. The first-order valence-corrected chi connectivity index (χ1v) is 11.4. The van der Waals surface area contributed by atoms with Crippen LogP contribution in [0.1, 0.15) is 11.1 Å². The van der Waals surface area contributed by atoms with Crippen LogP contribution < -0.4 is 0 Å². The standard InChI is InChI=1S/C31H19Cl/c32-22-14-12-19-16-21-6-5-11-23(31(21)29(19)18-22)20-13-15-28-26-9-2-1-7-24(26)25-8-3-4-10-27(25)30(28)17-20/h1-15,17-18H,16H2. The Morgan fingerprint density at radius 3 is 1.84 bits per heavy atom. The van der Waals surface area contributed by atoms with E-state index in [0.717, 1.165) is 11.4 Å². The molecule has 0 atom stereocenters. The van der Waals surface area contributed by atoms with Gasteiger partial charge in [-0.2, -0.15) is 0 Å². The third-order valence-electron chi connectivity index (χ3n) is 6.93. The summed E-state index contributed by atoms with van der Waals surface area (Å²) >= 11 is 6.39. The first kappa shape index (κ1) is 18.0. The third-order valence-corrected chi connectivity index (χ3v) is 7.16. The summed E-state index contributed by atoms with van der Waals surface area (Å²) in [7, 11) is 0. The van der Waals surface area contributed by atoms with Gasteiger partial charge >= 0.3 is 0 Å². The van der Waals surface area contributed by atoms with E-state index in [0.29, 0.717) is 0 Å². The van der Waals surface area contributed by atoms with E-state index in [1.54, 1.807) is 0 Å². The minimum Gasteiger partial charge on any atom is -0.0843 e. The molecule has 0 bridgehead atoms. The molecule has 0 fully saturated rings. The quantitative estimate of drug-likeness (QED) is 0.230. The number of halogens is 1. The van der Waals surface area contributed by atoms with Gasteiger partial charge in [0.25, 0.3) is 0 Å². The Morgan fingerprint density at radius 2 is 1.12 bits per heavy atom. The largest absolute Gasteiger partial charge is 0.0843 e. The second-order valence-corrected chi connectivity index (χ2v) is 9.11. The molecule has 0 saturated carbocycles. The minimum atomic E-state index is 0.794. The highest BCUT2D eigenvalue weighted by atomic mass is 35.5. The molecule has 1 aliphatic rings. The van der Waals surface area contributed by atoms with Crippen molar-refractivity contribution in [2.75, 3.05) is 0 Å². The predicted octanol–water partition coefficient (Wildman–Crippen LogP) is 9.04. The van der Waals surface area contributed by atoms with Crippen molar-refractivity contribution in [3.8, 4) is 22.3 Å². The second kappa shape index (κ2) is 6.69. The minimum absolute atomic E-state index is 0.794. The molecule has 0 radical (unpaired) electrons. The van der Waals surface area contributed by atoms with E-state index >= 15 is 0 Å². The number of rotatable bonds is 1. The Kier molecular flexibility index (Phi) is 3.77. The molecular weight excluding hydrogens is 408 g/mol. The summed E-state index contributed by atoms with van der Waals surface area (Å²) in [5.41, 5.74) is 7.86. The normalized spacial score (nSPS) is 12.4. The number of benzene rings is 6. The molecule has 0 spiro atoms. The highest BCUT2D eigenvalue weighted by molar-refractivity contribution is 6.31. The van der Waals surface area contributed by atoms with E-state index in [4.69, 9.17) is 11.6 Å². The number of hydrogen-bond acceptors (Lipinski definition) is 0. The maximum atomic E-state index is 6.39. The van der Waals surface area contributed by atoms with Crippen LogP contribution in [0.3, 0.4) is 0 Å². The fourth-order valence-corrected chi connectivity index (χ4v) is 5.69. The van der Waals surface area contributed by atoms with Crippen molar-refractivity contribution in [2.45, 2.75) is 6.42 Å². The van der Waals surface area contributed by atoms with Crippen LogP contribution in [-0.4, -0.2) is 0 Å². The first-order chi connectivity index (χ1) is 15.8. The lowest BCUT2D eigenvalue weighted by Crippen LogP contribution is -1.88. The van der Waals surface area contributed by atoms with Crippen LogP contribution in [0.15, 0.2) is 103 Å². The van der Waals surface area contributed by atoms with Crippen molar-refractivity contribution in [3.63, 3.8) is 0 Å². The third kappa shape index (κ3) is 2.51. The molecule has 0 aromatic heterocycles. The zero-order chi connectivity index (χ0) is 21.2. The zero-order valence-electron chi connectivity index (χ0n) is 17.4. The Labute approximate surface area is 191 Å². The molecular formula is C31H19Cl. The van der Waals surface area contributed by atoms with Crippen molar-refractivity contribution in [1.82, 2.24) is 0 Å².